The molecule has 99 valence electrons. The summed E-state index contributed by atoms with van der Waals surface area (Å²) >= 11 is 0. The van der Waals surface area contributed by atoms with Crippen molar-refractivity contribution in [3.8, 4) is 5.75 Å². The molecule has 0 atom stereocenters. The van der Waals surface area contributed by atoms with Gasteiger partial charge in [0.05, 0.1) is 12.4 Å². The van der Waals surface area contributed by atoms with Gasteiger partial charge in [0.1, 0.15) is 5.75 Å². The Labute approximate surface area is 106 Å². The standard InChI is InChI=1S/C12H8F3N2O2/c13-12(14,15)19-10-3-1-9(2-4-10)7-17-6-5-16-11(17)8-18/h1-5,8H,7H2. The number of aldehydes is 1. The van der Waals surface area contributed by atoms with Crippen LogP contribution in [0.1, 0.15) is 16.2 Å². The Balaban J connectivity index is 2.09. The Hall–Kier alpha value is -2.31. The van der Waals surface area contributed by atoms with Crippen LogP contribution in [0.5, 0.6) is 5.75 Å². The Morgan fingerprint density at radius 3 is 2.58 bits per heavy atom. The average molecular weight is 269 g/mol. The van der Waals surface area contributed by atoms with Crippen LogP contribution in [0.3, 0.4) is 0 Å². The zero-order valence-electron chi connectivity index (χ0n) is 9.52. The highest BCUT2D eigenvalue weighted by Gasteiger charge is 2.30. The van der Waals surface area contributed by atoms with Crippen molar-refractivity contribution in [1.29, 1.82) is 0 Å². The van der Waals surface area contributed by atoms with E-state index in [1.54, 1.807) is 0 Å². The summed E-state index contributed by atoms with van der Waals surface area (Å²) in [6.07, 6.45) is -0.0499. The quantitative estimate of drug-likeness (QED) is 0.801. The van der Waals surface area contributed by atoms with Crippen molar-refractivity contribution in [2.75, 3.05) is 0 Å². The molecule has 4 nitrogen and oxygen atoms in total. The van der Waals surface area contributed by atoms with Gasteiger partial charge >= 0.3 is 6.36 Å². The average Bonchev–Trinajstić information content (AvgIpc) is 2.77. The van der Waals surface area contributed by atoms with Gasteiger partial charge in [-0.25, -0.2) is 4.98 Å². The van der Waals surface area contributed by atoms with Crippen molar-refractivity contribution < 1.29 is 22.7 Å². The maximum atomic E-state index is 12.0. The van der Waals surface area contributed by atoms with Crippen LogP contribution in [-0.2, 0) is 6.54 Å². The fourth-order valence-corrected chi connectivity index (χ4v) is 1.50. The van der Waals surface area contributed by atoms with E-state index in [-0.39, 0.29) is 11.6 Å². The van der Waals surface area contributed by atoms with Gasteiger partial charge in [-0.3, -0.25) is 4.79 Å². The molecule has 0 fully saturated rings. The molecule has 0 N–H and O–H groups in total. The molecule has 1 aromatic carbocycles. The van der Waals surface area contributed by atoms with E-state index < -0.39 is 6.36 Å². The van der Waals surface area contributed by atoms with Crippen LogP contribution in [0.2, 0.25) is 0 Å². The highest BCUT2D eigenvalue weighted by molar-refractivity contribution is 5.69. The molecule has 0 saturated heterocycles. The minimum atomic E-state index is -4.70. The molecule has 19 heavy (non-hydrogen) atoms. The zero-order chi connectivity index (χ0) is 13.9. The molecule has 0 unspecified atom stereocenters. The molecule has 0 aliphatic rings. The molecule has 2 rings (SSSR count). The third kappa shape index (κ3) is 3.57. The Morgan fingerprint density at radius 2 is 2.00 bits per heavy atom. The molecule has 1 radical (unpaired) electrons. The number of benzene rings is 1. The molecular weight excluding hydrogens is 261 g/mol. The second-order valence-electron chi connectivity index (χ2n) is 3.64. The summed E-state index contributed by atoms with van der Waals surface area (Å²) in [7, 11) is 0. The van der Waals surface area contributed by atoms with Gasteiger partial charge in [-0.05, 0) is 17.7 Å². The first kappa shape index (κ1) is 13.1. The van der Waals surface area contributed by atoms with E-state index in [9.17, 15) is 18.0 Å². The highest BCUT2D eigenvalue weighted by atomic mass is 19.4. The first-order valence-corrected chi connectivity index (χ1v) is 5.21. The Bertz CT molecular complexity index is 561. The van der Waals surface area contributed by atoms with Gasteiger partial charge in [0, 0.05) is 6.54 Å². The molecule has 7 heteroatoms. The number of carbonyl (C=O) groups is 1. The van der Waals surface area contributed by atoms with Gasteiger partial charge in [0.15, 0.2) is 12.1 Å². The summed E-state index contributed by atoms with van der Waals surface area (Å²) in [6, 6.07) is 5.37. The maximum Gasteiger partial charge on any atom is 0.573 e. The fraction of sp³-hybridized carbons (Fsp3) is 0.167. The van der Waals surface area contributed by atoms with Gasteiger partial charge in [0.25, 0.3) is 0 Å². The van der Waals surface area contributed by atoms with Gasteiger partial charge in [-0.1, -0.05) is 12.1 Å². The summed E-state index contributed by atoms with van der Waals surface area (Å²) in [6.45, 7) is 0.292. The van der Waals surface area contributed by atoms with Crippen molar-refractivity contribution in [3.63, 3.8) is 0 Å². The first-order chi connectivity index (χ1) is 8.98. The minimum Gasteiger partial charge on any atom is -0.406 e. The molecule has 0 saturated carbocycles. The van der Waals surface area contributed by atoms with Crippen LogP contribution in [0.25, 0.3) is 0 Å². The van der Waals surface area contributed by atoms with E-state index in [4.69, 9.17) is 0 Å². The van der Waals surface area contributed by atoms with E-state index in [0.717, 1.165) is 0 Å². The molecule has 0 spiro atoms. The van der Waals surface area contributed by atoms with Crippen molar-refractivity contribution in [2.24, 2.45) is 0 Å². The Kier molecular flexibility index (Phi) is 3.55. The topological polar surface area (TPSA) is 44.1 Å². The molecule has 1 aromatic heterocycles. The van der Waals surface area contributed by atoms with E-state index in [0.29, 0.717) is 18.4 Å². The zero-order valence-corrected chi connectivity index (χ0v) is 9.52. The number of rotatable bonds is 4. The van der Waals surface area contributed by atoms with Gasteiger partial charge in [-0.2, -0.15) is 0 Å². The molecular formula is C12H8F3N2O2. The van der Waals surface area contributed by atoms with E-state index in [2.05, 4.69) is 15.9 Å². The van der Waals surface area contributed by atoms with Gasteiger partial charge in [-0.15, -0.1) is 13.2 Å². The molecule has 0 amide bonds. The number of hydrogen-bond donors (Lipinski definition) is 0. The monoisotopic (exact) mass is 269 g/mol. The lowest BCUT2D eigenvalue weighted by Crippen LogP contribution is -2.17. The summed E-state index contributed by atoms with van der Waals surface area (Å²) < 4.78 is 41.1. The number of nitrogens with zero attached hydrogens (tertiary/aromatic N) is 2. The number of carbonyl (C=O) groups excluding carboxylic acids is 1. The molecule has 0 bridgehead atoms. The van der Waals surface area contributed by atoms with Crippen molar-refractivity contribution in [3.05, 3.63) is 48.0 Å². The smallest absolute Gasteiger partial charge is 0.406 e. The molecule has 1 heterocycles. The predicted octanol–water partition coefficient (Wildman–Crippen LogP) is 2.44. The summed E-state index contributed by atoms with van der Waals surface area (Å²) in [5.41, 5.74) is 0.701. The maximum absolute atomic E-state index is 12.0. The highest BCUT2D eigenvalue weighted by Crippen LogP contribution is 2.22. The number of ether oxygens (including phenoxy) is 1. The molecule has 2 aromatic rings. The van der Waals surface area contributed by atoms with Crippen molar-refractivity contribution in [2.45, 2.75) is 12.9 Å². The number of halogens is 3. The van der Waals surface area contributed by atoms with Crippen LogP contribution in [0.15, 0.2) is 30.5 Å². The minimum absolute atomic E-state index is 0.204. The lowest BCUT2D eigenvalue weighted by Gasteiger charge is -2.09. The number of imidazole rings is 1. The van der Waals surface area contributed by atoms with Crippen LogP contribution in [0.4, 0.5) is 13.2 Å². The van der Waals surface area contributed by atoms with Crippen molar-refractivity contribution >= 4 is 6.29 Å². The van der Waals surface area contributed by atoms with Crippen LogP contribution in [-0.4, -0.2) is 22.2 Å². The third-order valence-corrected chi connectivity index (χ3v) is 2.29. The summed E-state index contributed by atoms with van der Waals surface area (Å²) in [4.78, 5) is 14.4. The van der Waals surface area contributed by atoms with E-state index >= 15 is 0 Å². The SMILES string of the molecule is O=Cc1nc[c]n1Cc1ccc(OC(F)(F)F)cc1. The van der Waals surface area contributed by atoms with Crippen LogP contribution >= 0.6 is 0 Å². The molecule has 0 aliphatic heterocycles. The fourth-order valence-electron chi connectivity index (χ4n) is 1.50. The van der Waals surface area contributed by atoms with Crippen LogP contribution < -0.4 is 4.74 Å². The van der Waals surface area contributed by atoms with Gasteiger partial charge in [0.2, 0.25) is 0 Å². The lowest BCUT2D eigenvalue weighted by atomic mass is 10.2. The largest absolute Gasteiger partial charge is 0.573 e. The first-order valence-electron chi connectivity index (χ1n) is 5.21. The predicted molar refractivity (Wildman–Crippen MR) is 58.7 cm³/mol. The van der Waals surface area contributed by atoms with Crippen LogP contribution in [0, 0.1) is 6.20 Å². The van der Waals surface area contributed by atoms with E-state index in [1.807, 2.05) is 0 Å². The molecule has 0 aliphatic carbocycles. The number of alkyl halides is 3. The normalized spacial score (nSPS) is 11.3. The number of hydrogen-bond acceptors (Lipinski definition) is 3. The second-order valence-corrected chi connectivity index (χ2v) is 3.64. The third-order valence-electron chi connectivity index (χ3n) is 2.29. The van der Waals surface area contributed by atoms with Crippen molar-refractivity contribution in [1.82, 2.24) is 9.55 Å². The summed E-state index contributed by atoms with van der Waals surface area (Å²) in [5, 5.41) is 0. The van der Waals surface area contributed by atoms with Gasteiger partial charge < -0.3 is 9.30 Å². The summed E-state index contributed by atoms with van der Waals surface area (Å²) in [5.74, 6) is -0.0860. The number of aromatic nitrogens is 2. The second kappa shape index (κ2) is 5.13. The lowest BCUT2D eigenvalue weighted by molar-refractivity contribution is -0.274. The van der Waals surface area contributed by atoms with E-state index in [1.165, 1.54) is 35.0 Å². The Morgan fingerprint density at radius 1 is 1.32 bits per heavy atom.